The Morgan fingerprint density at radius 3 is 2.93 bits per heavy atom. The van der Waals surface area contributed by atoms with Crippen molar-refractivity contribution in [3.8, 4) is 0 Å². The van der Waals surface area contributed by atoms with E-state index >= 15 is 0 Å². The maximum Gasteiger partial charge on any atom is 0.328 e. The molecule has 0 radical (unpaired) electrons. The van der Waals surface area contributed by atoms with E-state index in [1.165, 1.54) is 7.11 Å². The predicted octanol–water partition coefficient (Wildman–Crippen LogP) is 1.77. The highest BCUT2D eigenvalue weighted by Crippen LogP contribution is 2.17. The SMILES string of the molecule is COC(=O)C(C)n1cnc2ccccc21. The Bertz CT molecular complexity index is 490. The zero-order chi connectivity index (χ0) is 10.8. The molecule has 0 aliphatic heterocycles. The van der Waals surface area contributed by atoms with Crippen molar-refractivity contribution in [1.82, 2.24) is 9.55 Å². The maximum absolute atomic E-state index is 11.4. The number of hydrogen-bond acceptors (Lipinski definition) is 3. The number of rotatable bonds is 2. The molecule has 0 amide bonds. The fourth-order valence-corrected chi connectivity index (χ4v) is 1.57. The molecule has 78 valence electrons. The summed E-state index contributed by atoms with van der Waals surface area (Å²) in [6, 6.07) is 7.34. The molecule has 4 heteroatoms. The Morgan fingerprint density at radius 2 is 2.20 bits per heavy atom. The van der Waals surface area contributed by atoms with Gasteiger partial charge in [0.05, 0.1) is 24.5 Å². The van der Waals surface area contributed by atoms with Crippen LogP contribution >= 0.6 is 0 Å². The van der Waals surface area contributed by atoms with E-state index in [9.17, 15) is 4.79 Å². The Kier molecular flexibility index (Phi) is 2.41. The number of para-hydroxylation sites is 2. The standard InChI is InChI=1S/C11H12N2O2/c1-8(11(14)15-2)13-7-12-9-5-3-4-6-10(9)13/h3-8H,1-2H3. The zero-order valence-corrected chi connectivity index (χ0v) is 8.68. The average Bonchev–Trinajstić information content (AvgIpc) is 2.70. The second-order valence-electron chi connectivity index (χ2n) is 3.34. The Balaban J connectivity index is 2.48. The van der Waals surface area contributed by atoms with Gasteiger partial charge in [0.1, 0.15) is 6.04 Å². The number of hydrogen-bond donors (Lipinski definition) is 0. The van der Waals surface area contributed by atoms with Gasteiger partial charge >= 0.3 is 5.97 Å². The van der Waals surface area contributed by atoms with Gasteiger partial charge in [-0.05, 0) is 19.1 Å². The topological polar surface area (TPSA) is 44.1 Å². The van der Waals surface area contributed by atoms with E-state index in [1.807, 2.05) is 24.3 Å². The van der Waals surface area contributed by atoms with Gasteiger partial charge in [-0.2, -0.15) is 0 Å². The Labute approximate surface area is 87.5 Å². The minimum atomic E-state index is -0.345. The smallest absolute Gasteiger partial charge is 0.328 e. The molecule has 15 heavy (non-hydrogen) atoms. The fourth-order valence-electron chi connectivity index (χ4n) is 1.57. The third-order valence-electron chi connectivity index (χ3n) is 2.44. The third-order valence-corrected chi connectivity index (χ3v) is 2.44. The van der Waals surface area contributed by atoms with Crippen LogP contribution in [0, 0.1) is 0 Å². The normalized spacial score (nSPS) is 12.7. The minimum Gasteiger partial charge on any atom is -0.467 e. The first kappa shape index (κ1) is 9.71. The molecule has 0 bridgehead atoms. The summed E-state index contributed by atoms with van der Waals surface area (Å²) in [5, 5.41) is 0. The maximum atomic E-state index is 11.4. The summed E-state index contributed by atoms with van der Waals surface area (Å²) in [6.45, 7) is 1.79. The highest BCUT2D eigenvalue weighted by Gasteiger charge is 2.16. The van der Waals surface area contributed by atoms with Crippen LogP contribution in [0.15, 0.2) is 30.6 Å². The van der Waals surface area contributed by atoms with Crippen molar-refractivity contribution in [1.29, 1.82) is 0 Å². The van der Waals surface area contributed by atoms with Crippen LogP contribution in [0.25, 0.3) is 11.0 Å². The lowest BCUT2D eigenvalue weighted by Gasteiger charge is -2.11. The summed E-state index contributed by atoms with van der Waals surface area (Å²) >= 11 is 0. The van der Waals surface area contributed by atoms with Crippen molar-refractivity contribution in [2.75, 3.05) is 7.11 Å². The van der Waals surface area contributed by atoms with Crippen molar-refractivity contribution in [3.63, 3.8) is 0 Å². The number of ether oxygens (including phenoxy) is 1. The molecule has 4 nitrogen and oxygen atoms in total. The van der Waals surface area contributed by atoms with Crippen molar-refractivity contribution in [2.24, 2.45) is 0 Å². The van der Waals surface area contributed by atoms with Crippen LogP contribution in [-0.4, -0.2) is 22.6 Å². The first-order valence-electron chi connectivity index (χ1n) is 4.73. The van der Waals surface area contributed by atoms with Gasteiger partial charge in [0.15, 0.2) is 0 Å². The summed E-state index contributed by atoms with van der Waals surface area (Å²) in [5.41, 5.74) is 1.82. The Morgan fingerprint density at radius 1 is 1.47 bits per heavy atom. The second kappa shape index (κ2) is 3.73. The van der Waals surface area contributed by atoms with Gasteiger partial charge in [0.25, 0.3) is 0 Å². The molecule has 1 aromatic carbocycles. The largest absolute Gasteiger partial charge is 0.467 e. The van der Waals surface area contributed by atoms with Crippen LogP contribution in [0.2, 0.25) is 0 Å². The number of methoxy groups -OCH3 is 1. The summed E-state index contributed by atoms with van der Waals surface area (Å²) < 4.78 is 6.50. The predicted molar refractivity (Wildman–Crippen MR) is 56.5 cm³/mol. The molecule has 0 spiro atoms. The molecule has 1 heterocycles. The van der Waals surface area contributed by atoms with Crippen LogP contribution in [0.4, 0.5) is 0 Å². The van der Waals surface area contributed by atoms with E-state index in [-0.39, 0.29) is 12.0 Å². The molecule has 0 N–H and O–H groups in total. The molecule has 0 fully saturated rings. The lowest BCUT2D eigenvalue weighted by Crippen LogP contribution is -2.16. The van der Waals surface area contributed by atoms with E-state index in [1.54, 1.807) is 17.8 Å². The fraction of sp³-hybridized carbons (Fsp3) is 0.273. The average molecular weight is 204 g/mol. The summed E-state index contributed by atoms with van der Waals surface area (Å²) in [5.74, 6) is -0.266. The highest BCUT2D eigenvalue weighted by molar-refractivity contribution is 5.80. The van der Waals surface area contributed by atoms with Gasteiger partial charge < -0.3 is 9.30 Å². The number of aromatic nitrogens is 2. The molecule has 1 atom stereocenters. The first-order chi connectivity index (χ1) is 7.24. The number of esters is 1. The number of carbonyl (C=O) groups excluding carboxylic acids is 1. The van der Waals surface area contributed by atoms with Gasteiger partial charge in [-0.25, -0.2) is 9.78 Å². The number of imidazole rings is 1. The van der Waals surface area contributed by atoms with Crippen LogP contribution in [0.1, 0.15) is 13.0 Å². The van der Waals surface area contributed by atoms with Crippen LogP contribution in [0.3, 0.4) is 0 Å². The first-order valence-corrected chi connectivity index (χ1v) is 4.73. The molecule has 0 saturated carbocycles. The van der Waals surface area contributed by atoms with E-state index < -0.39 is 0 Å². The van der Waals surface area contributed by atoms with Crippen molar-refractivity contribution < 1.29 is 9.53 Å². The molecule has 1 unspecified atom stereocenters. The molecule has 1 aromatic heterocycles. The van der Waals surface area contributed by atoms with Gasteiger partial charge in [0.2, 0.25) is 0 Å². The quantitative estimate of drug-likeness (QED) is 0.700. The molecule has 2 aromatic rings. The summed E-state index contributed by atoms with van der Waals surface area (Å²) in [4.78, 5) is 15.6. The Hall–Kier alpha value is -1.84. The highest BCUT2D eigenvalue weighted by atomic mass is 16.5. The second-order valence-corrected chi connectivity index (χ2v) is 3.34. The van der Waals surface area contributed by atoms with Crippen molar-refractivity contribution in [3.05, 3.63) is 30.6 Å². The zero-order valence-electron chi connectivity index (χ0n) is 8.68. The van der Waals surface area contributed by atoms with E-state index in [4.69, 9.17) is 4.74 Å². The number of benzene rings is 1. The summed E-state index contributed by atoms with van der Waals surface area (Å²) in [6.07, 6.45) is 1.66. The van der Waals surface area contributed by atoms with Crippen LogP contribution < -0.4 is 0 Å². The van der Waals surface area contributed by atoms with E-state index in [0.717, 1.165) is 11.0 Å². The molecule has 0 saturated heterocycles. The molecular formula is C11H12N2O2. The lowest BCUT2D eigenvalue weighted by molar-refractivity contribution is -0.143. The number of nitrogens with zero attached hydrogens (tertiary/aromatic N) is 2. The number of fused-ring (bicyclic) bond motifs is 1. The van der Waals surface area contributed by atoms with Crippen molar-refractivity contribution >= 4 is 17.0 Å². The van der Waals surface area contributed by atoms with Gasteiger partial charge in [-0.3, -0.25) is 0 Å². The van der Waals surface area contributed by atoms with E-state index in [0.29, 0.717) is 0 Å². The van der Waals surface area contributed by atoms with Crippen LogP contribution in [0.5, 0.6) is 0 Å². The lowest BCUT2D eigenvalue weighted by atomic mass is 10.3. The monoisotopic (exact) mass is 204 g/mol. The molecule has 0 aliphatic rings. The molecule has 2 rings (SSSR count). The third kappa shape index (κ3) is 1.58. The minimum absolute atomic E-state index is 0.266. The van der Waals surface area contributed by atoms with E-state index in [2.05, 4.69) is 4.98 Å². The number of carbonyl (C=O) groups is 1. The van der Waals surface area contributed by atoms with Gasteiger partial charge in [-0.15, -0.1) is 0 Å². The summed E-state index contributed by atoms with van der Waals surface area (Å²) in [7, 11) is 1.39. The van der Waals surface area contributed by atoms with Gasteiger partial charge in [-0.1, -0.05) is 12.1 Å². The molecule has 0 aliphatic carbocycles. The van der Waals surface area contributed by atoms with Gasteiger partial charge in [0, 0.05) is 0 Å². The van der Waals surface area contributed by atoms with Crippen molar-refractivity contribution in [2.45, 2.75) is 13.0 Å². The molecular weight excluding hydrogens is 192 g/mol. The van der Waals surface area contributed by atoms with Crippen LogP contribution in [-0.2, 0) is 9.53 Å².